The van der Waals surface area contributed by atoms with E-state index in [0.717, 1.165) is 0 Å². The number of carbonyl (C=O) groups excluding carboxylic acids is 1. The molecule has 25 heavy (non-hydrogen) atoms. The first-order chi connectivity index (χ1) is 11.8. The molecule has 0 aliphatic rings. The van der Waals surface area contributed by atoms with Crippen LogP contribution in [-0.4, -0.2) is 23.1 Å². The molecule has 0 unspecified atom stereocenters. The number of carbonyl (C=O) groups is 1. The zero-order valence-electron chi connectivity index (χ0n) is 14.6. The van der Waals surface area contributed by atoms with Crippen LogP contribution in [0, 0.1) is 0 Å². The Bertz CT molecular complexity index is 815. The van der Waals surface area contributed by atoms with Crippen molar-refractivity contribution < 1.29 is 19.7 Å². The van der Waals surface area contributed by atoms with E-state index in [1.165, 1.54) is 31.4 Å². The van der Waals surface area contributed by atoms with Crippen LogP contribution < -0.4 is 4.74 Å². The van der Waals surface area contributed by atoms with Crippen LogP contribution in [0.1, 0.15) is 35.3 Å². The summed E-state index contributed by atoms with van der Waals surface area (Å²) in [5, 5.41) is 19.5. The summed E-state index contributed by atoms with van der Waals surface area (Å²) in [6.45, 7) is 7.69. The van der Waals surface area contributed by atoms with Crippen molar-refractivity contribution in [3.63, 3.8) is 0 Å². The Balaban J connectivity index is 2.40. The molecule has 0 aromatic heterocycles. The molecule has 0 bridgehead atoms. The predicted octanol–water partition coefficient (Wildman–Crippen LogP) is 4.47. The molecule has 0 heterocycles. The minimum absolute atomic E-state index is 0.108. The van der Waals surface area contributed by atoms with Gasteiger partial charge < -0.3 is 14.9 Å². The van der Waals surface area contributed by atoms with Gasteiger partial charge in [-0.3, -0.25) is 4.79 Å². The van der Waals surface area contributed by atoms with Crippen molar-refractivity contribution in [2.24, 2.45) is 0 Å². The molecule has 0 aliphatic carbocycles. The second-order valence-corrected chi connectivity index (χ2v) is 6.28. The first-order valence-corrected chi connectivity index (χ1v) is 7.85. The second kappa shape index (κ2) is 7.26. The smallest absolute Gasteiger partial charge is 0.185 e. The van der Waals surface area contributed by atoms with Crippen LogP contribution in [-0.2, 0) is 5.41 Å². The second-order valence-electron chi connectivity index (χ2n) is 6.28. The molecule has 0 fully saturated rings. The minimum atomic E-state index is -0.431. The monoisotopic (exact) mass is 338 g/mol. The Morgan fingerprint density at radius 1 is 1.16 bits per heavy atom. The van der Waals surface area contributed by atoms with E-state index in [4.69, 9.17) is 4.74 Å². The third kappa shape index (κ3) is 4.10. The number of allylic oxidation sites excluding steroid dienone is 2. The van der Waals surface area contributed by atoms with E-state index in [-0.39, 0.29) is 17.3 Å². The van der Waals surface area contributed by atoms with E-state index >= 15 is 0 Å². The molecule has 0 amide bonds. The van der Waals surface area contributed by atoms with Gasteiger partial charge in [-0.05, 0) is 42.5 Å². The van der Waals surface area contributed by atoms with Gasteiger partial charge in [0.25, 0.3) is 0 Å². The fourth-order valence-electron chi connectivity index (χ4n) is 2.41. The van der Waals surface area contributed by atoms with E-state index in [9.17, 15) is 15.0 Å². The lowest BCUT2D eigenvalue weighted by Gasteiger charge is -2.23. The van der Waals surface area contributed by atoms with Crippen LogP contribution in [0.3, 0.4) is 0 Å². The number of aromatic hydroxyl groups is 2. The SMILES string of the molecule is C=CC(C)(C)c1cc(/C=C/C(=O)c2ccc(O)cc2)c(OC)cc1O. The van der Waals surface area contributed by atoms with Crippen molar-refractivity contribution in [1.29, 1.82) is 0 Å². The lowest BCUT2D eigenvalue weighted by Crippen LogP contribution is -2.13. The molecular weight excluding hydrogens is 316 g/mol. The summed E-state index contributed by atoms with van der Waals surface area (Å²) >= 11 is 0. The van der Waals surface area contributed by atoms with Crippen LogP contribution in [0.4, 0.5) is 0 Å². The standard InChI is InChI=1S/C21H22O4/c1-5-21(2,3)17-12-15(20(25-4)13-19(17)24)8-11-18(23)14-6-9-16(22)10-7-14/h5-13,22,24H,1H2,2-4H3/b11-8+. The highest BCUT2D eigenvalue weighted by Crippen LogP contribution is 2.37. The molecule has 0 atom stereocenters. The molecule has 4 heteroatoms. The van der Waals surface area contributed by atoms with Gasteiger partial charge in [-0.2, -0.15) is 0 Å². The summed E-state index contributed by atoms with van der Waals surface area (Å²) in [5.41, 5.74) is 1.41. The van der Waals surface area contributed by atoms with Crippen molar-refractivity contribution in [3.05, 3.63) is 71.8 Å². The fraction of sp³-hybridized carbons (Fsp3) is 0.190. The normalized spacial score (nSPS) is 11.5. The Labute approximate surface area is 147 Å². The number of benzene rings is 2. The number of rotatable bonds is 6. The number of ether oxygens (including phenoxy) is 1. The molecule has 0 spiro atoms. The first-order valence-electron chi connectivity index (χ1n) is 7.85. The van der Waals surface area contributed by atoms with E-state index in [1.54, 1.807) is 30.4 Å². The van der Waals surface area contributed by atoms with Gasteiger partial charge in [0.05, 0.1) is 7.11 Å². The summed E-state index contributed by atoms with van der Waals surface area (Å²) in [5.74, 6) is 0.497. The van der Waals surface area contributed by atoms with E-state index in [0.29, 0.717) is 22.4 Å². The Morgan fingerprint density at radius 2 is 1.80 bits per heavy atom. The summed E-state index contributed by atoms with van der Waals surface area (Å²) < 4.78 is 5.30. The lowest BCUT2D eigenvalue weighted by molar-refractivity contribution is 0.104. The average molecular weight is 338 g/mol. The summed E-state index contributed by atoms with van der Waals surface area (Å²) in [7, 11) is 1.51. The third-order valence-corrected chi connectivity index (χ3v) is 4.12. The van der Waals surface area contributed by atoms with E-state index < -0.39 is 5.41 Å². The van der Waals surface area contributed by atoms with Gasteiger partial charge in [-0.1, -0.05) is 19.9 Å². The molecule has 4 nitrogen and oxygen atoms in total. The van der Waals surface area contributed by atoms with Crippen molar-refractivity contribution in [1.82, 2.24) is 0 Å². The zero-order chi connectivity index (χ0) is 18.6. The van der Waals surface area contributed by atoms with Crippen molar-refractivity contribution >= 4 is 11.9 Å². The average Bonchev–Trinajstić information content (AvgIpc) is 2.60. The first kappa shape index (κ1) is 18.3. The van der Waals surface area contributed by atoms with Gasteiger partial charge in [0, 0.05) is 28.2 Å². The maximum Gasteiger partial charge on any atom is 0.185 e. The highest BCUT2D eigenvalue weighted by atomic mass is 16.5. The van der Waals surface area contributed by atoms with Crippen LogP contribution in [0.25, 0.3) is 6.08 Å². The molecular formula is C21H22O4. The lowest BCUT2D eigenvalue weighted by atomic mass is 9.83. The van der Waals surface area contributed by atoms with Gasteiger partial charge in [0.2, 0.25) is 0 Å². The minimum Gasteiger partial charge on any atom is -0.508 e. The Hall–Kier alpha value is -3.01. The number of hydrogen-bond donors (Lipinski definition) is 2. The van der Waals surface area contributed by atoms with E-state index in [1.807, 2.05) is 13.8 Å². The molecule has 2 aromatic carbocycles. The van der Waals surface area contributed by atoms with Crippen molar-refractivity contribution in [2.45, 2.75) is 19.3 Å². The van der Waals surface area contributed by atoms with Crippen molar-refractivity contribution in [2.75, 3.05) is 7.11 Å². The van der Waals surface area contributed by atoms with Crippen LogP contribution in [0.5, 0.6) is 17.2 Å². The number of hydrogen-bond acceptors (Lipinski definition) is 4. The quantitative estimate of drug-likeness (QED) is 0.463. The molecule has 0 radical (unpaired) electrons. The molecule has 2 aromatic rings. The number of ketones is 1. The van der Waals surface area contributed by atoms with Gasteiger partial charge in [-0.25, -0.2) is 0 Å². The molecule has 0 saturated heterocycles. The zero-order valence-corrected chi connectivity index (χ0v) is 14.6. The van der Waals surface area contributed by atoms with Gasteiger partial charge in [0.1, 0.15) is 17.2 Å². The summed E-state index contributed by atoms with van der Waals surface area (Å²) in [4.78, 5) is 12.3. The largest absolute Gasteiger partial charge is 0.508 e. The number of phenolic OH excluding ortho intramolecular Hbond substituents is 2. The highest BCUT2D eigenvalue weighted by Gasteiger charge is 2.22. The Morgan fingerprint density at radius 3 is 2.36 bits per heavy atom. The van der Waals surface area contributed by atoms with Gasteiger partial charge in [-0.15, -0.1) is 6.58 Å². The van der Waals surface area contributed by atoms with Gasteiger partial charge in [0.15, 0.2) is 5.78 Å². The van der Waals surface area contributed by atoms with Crippen LogP contribution >= 0.6 is 0 Å². The highest BCUT2D eigenvalue weighted by molar-refractivity contribution is 6.07. The molecule has 2 rings (SSSR count). The summed E-state index contributed by atoms with van der Waals surface area (Å²) in [6, 6.07) is 9.37. The van der Waals surface area contributed by atoms with Crippen LogP contribution in [0.2, 0.25) is 0 Å². The maximum absolute atomic E-state index is 12.3. The van der Waals surface area contributed by atoms with Crippen molar-refractivity contribution in [3.8, 4) is 17.2 Å². The summed E-state index contributed by atoms with van der Waals surface area (Å²) in [6.07, 6.45) is 4.84. The van der Waals surface area contributed by atoms with Gasteiger partial charge >= 0.3 is 0 Å². The van der Waals surface area contributed by atoms with E-state index in [2.05, 4.69) is 6.58 Å². The number of methoxy groups -OCH3 is 1. The molecule has 0 aliphatic heterocycles. The Kier molecular flexibility index (Phi) is 5.32. The fourth-order valence-corrected chi connectivity index (χ4v) is 2.41. The molecule has 0 saturated carbocycles. The topological polar surface area (TPSA) is 66.8 Å². The maximum atomic E-state index is 12.3. The predicted molar refractivity (Wildman–Crippen MR) is 99.4 cm³/mol. The molecule has 130 valence electrons. The van der Waals surface area contributed by atoms with Crippen LogP contribution in [0.15, 0.2) is 55.1 Å². The third-order valence-electron chi connectivity index (χ3n) is 4.12. The number of phenols is 2. The molecule has 2 N–H and O–H groups in total.